The second kappa shape index (κ2) is 8.29. The van der Waals surface area contributed by atoms with E-state index in [2.05, 4.69) is 54.5 Å². The lowest BCUT2D eigenvalue weighted by Crippen LogP contribution is -2.10. The number of anilines is 1. The lowest BCUT2D eigenvalue weighted by molar-refractivity contribution is -0.116. The largest absolute Gasteiger partial charge is 0.301 e. The molecule has 1 aromatic carbocycles. The summed E-state index contributed by atoms with van der Waals surface area (Å²) < 4.78 is 0.880. The number of nitrogens with zero attached hydrogens (tertiary/aromatic N) is 2. The molecule has 0 spiro atoms. The quantitative estimate of drug-likeness (QED) is 0.594. The molecule has 1 heterocycles. The predicted molar refractivity (Wildman–Crippen MR) is 93.5 cm³/mol. The molecule has 0 aliphatic carbocycles. The van der Waals surface area contributed by atoms with Gasteiger partial charge in [0.1, 0.15) is 0 Å². The topological polar surface area (TPSA) is 54.9 Å². The highest BCUT2D eigenvalue weighted by molar-refractivity contribution is 8.00. The van der Waals surface area contributed by atoms with E-state index in [-0.39, 0.29) is 5.91 Å². The minimum atomic E-state index is 0.0175. The Morgan fingerprint density at radius 1 is 1.23 bits per heavy atom. The van der Waals surface area contributed by atoms with Crippen LogP contribution in [-0.4, -0.2) is 16.1 Å². The molecule has 2 aromatic rings. The van der Waals surface area contributed by atoms with Crippen molar-refractivity contribution in [1.29, 1.82) is 0 Å². The van der Waals surface area contributed by atoms with Crippen LogP contribution in [-0.2, 0) is 10.5 Å². The first-order valence-corrected chi connectivity index (χ1v) is 9.20. The molecule has 118 valence electrons. The Bertz CT molecular complexity index is 620. The second-order valence-electron chi connectivity index (χ2n) is 5.31. The molecule has 1 aromatic heterocycles. The molecular formula is C16H21N3OS2. The molecule has 0 unspecified atom stereocenters. The summed E-state index contributed by atoms with van der Waals surface area (Å²) in [5.74, 6) is 0.880. The zero-order chi connectivity index (χ0) is 15.9. The van der Waals surface area contributed by atoms with Crippen molar-refractivity contribution in [2.24, 2.45) is 0 Å². The lowest BCUT2D eigenvalue weighted by Gasteiger charge is -2.03. The maximum atomic E-state index is 11.7. The summed E-state index contributed by atoms with van der Waals surface area (Å²) in [5, 5.41) is 11.5. The van der Waals surface area contributed by atoms with Crippen LogP contribution in [0.1, 0.15) is 42.9 Å². The van der Waals surface area contributed by atoms with E-state index in [0.717, 1.165) is 22.9 Å². The highest BCUT2D eigenvalue weighted by Gasteiger charge is 2.08. The van der Waals surface area contributed by atoms with E-state index >= 15 is 0 Å². The van der Waals surface area contributed by atoms with Crippen LogP contribution in [0.3, 0.4) is 0 Å². The third-order valence-electron chi connectivity index (χ3n) is 3.05. The third-order valence-corrected chi connectivity index (χ3v) is 5.10. The number of amides is 1. The maximum absolute atomic E-state index is 11.7. The highest BCUT2D eigenvalue weighted by Crippen LogP contribution is 2.28. The van der Waals surface area contributed by atoms with Crippen molar-refractivity contribution < 1.29 is 4.79 Å². The van der Waals surface area contributed by atoms with Gasteiger partial charge in [-0.1, -0.05) is 65.8 Å². The number of aryl methyl sites for hydroxylation is 2. The Hall–Kier alpha value is -1.40. The van der Waals surface area contributed by atoms with Crippen LogP contribution < -0.4 is 5.32 Å². The first kappa shape index (κ1) is 17.0. The van der Waals surface area contributed by atoms with E-state index in [1.165, 1.54) is 28.0 Å². The smallest absolute Gasteiger partial charge is 0.226 e. The minimum Gasteiger partial charge on any atom is -0.301 e. The summed E-state index contributed by atoms with van der Waals surface area (Å²) >= 11 is 3.08. The van der Waals surface area contributed by atoms with E-state index in [4.69, 9.17) is 0 Å². The number of hydrogen-bond donors (Lipinski definition) is 1. The summed E-state index contributed by atoms with van der Waals surface area (Å²) in [6.45, 7) is 6.28. The Morgan fingerprint density at radius 2 is 1.95 bits per heavy atom. The molecule has 0 radical (unpaired) electrons. The van der Waals surface area contributed by atoms with Gasteiger partial charge in [-0.25, -0.2) is 0 Å². The molecule has 0 aliphatic rings. The van der Waals surface area contributed by atoms with Crippen molar-refractivity contribution in [3.05, 3.63) is 34.9 Å². The van der Waals surface area contributed by atoms with E-state index in [1.54, 1.807) is 11.8 Å². The first-order valence-electron chi connectivity index (χ1n) is 7.40. The molecule has 2 rings (SSSR count). The molecule has 4 nitrogen and oxygen atoms in total. The first-order chi connectivity index (χ1) is 10.6. The number of carbonyl (C=O) groups is 1. The summed E-state index contributed by atoms with van der Waals surface area (Å²) in [6.07, 6.45) is 2.46. The Labute approximate surface area is 139 Å². The highest BCUT2D eigenvalue weighted by atomic mass is 32.2. The van der Waals surface area contributed by atoms with Crippen LogP contribution in [0.15, 0.2) is 22.5 Å². The molecule has 0 bridgehead atoms. The number of thioether (sulfide) groups is 1. The molecule has 1 N–H and O–H groups in total. The van der Waals surface area contributed by atoms with Crippen LogP contribution in [0, 0.1) is 13.8 Å². The van der Waals surface area contributed by atoms with E-state index in [9.17, 15) is 4.79 Å². The Balaban J connectivity index is 1.88. The van der Waals surface area contributed by atoms with Crippen molar-refractivity contribution in [3.63, 3.8) is 0 Å². The zero-order valence-corrected chi connectivity index (χ0v) is 14.8. The molecule has 0 atom stereocenters. The fourth-order valence-electron chi connectivity index (χ4n) is 2.14. The van der Waals surface area contributed by atoms with Crippen molar-refractivity contribution >= 4 is 34.1 Å². The average molecular weight is 335 g/mol. The Kier molecular flexibility index (Phi) is 6.39. The molecule has 0 saturated heterocycles. The van der Waals surface area contributed by atoms with Gasteiger partial charge in [0.25, 0.3) is 0 Å². The van der Waals surface area contributed by atoms with Crippen LogP contribution in [0.2, 0.25) is 0 Å². The number of benzene rings is 1. The number of carbonyl (C=O) groups excluding carboxylic acids is 1. The maximum Gasteiger partial charge on any atom is 0.226 e. The molecule has 6 heteroatoms. The van der Waals surface area contributed by atoms with E-state index in [0.29, 0.717) is 11.6 Å². The molecule has 0 saturated carbocycles. The molecular weight excluding hydrogens is 314 g/mol. The minimum absolute atomic E-state index is 0.0175. The number of aromatic nitrogens is 2. The molecule has 1 amide bonds. The van der Waals surface area contributed by atoms with Gasteiger partial charge in [-0.3, -0.25) is 4.79 Å². The summed E-state index contributed by atoms with van der Waals surface area (Å²) in [6, 6.07) is 6.55. The van der Waals surface area contributed by atoms with E-state index in [1.807, 2.05) is 0 Å². The van der Waals surface area contributed by atoms with Crippen molar-refractivity contribution in [2.45, 2.75) is 50.1 Å². The number of rotatable bonds is 7. The zero-order valence-electron chi connectivity index (χ0n) is 13.2. The van der Waals surface area contributed by atoms with Crippen LogP contribution in [0.25, 0.3) is 0 Å². The lowest BCUT2D eigenvalue weighted by atomic mass is 10.1. The molecule has 0 aliphatic heterocycles. The van der Waals surface area contributed by atoms with Gasteiger partial charge >= 0.3 is 0 Å². The van der Waals surface area contributed by atoms with Crippen molar-refractivity contribution in [3.8, 4) is 0 Å². The Morgan fingerprint density at radius 3 is 2.64 bits per heavy atom. The number of unbranched alkanes of at least 4 members (excludes halogenated alkanes) is 1. The number of nitrogens with one attached hydrogen (secondary N) is 1. The normalized spacial score (nSPS) is 10.7. The van der Waals surface area contributed by atoms with Gasteiger partial charge in [-0.15, -0.1) is 10.2 Å². The molecule has 0 fully saturated rings. The monoisotopic (exact) mass is 335 g/mol. The molecule has 22 heavy (non-hydrogen) atoms. The van der Waals surface area contributed by atoms with Crippen LogP contribution >= 0.6 is 23.1 Å². The summed E-state index contributed by atoms with van der Waals surface area (Å²) in [5.41, 5.74) is 3.83. The average Bonchev–Trinajstić information content (AvgIpc) is 2.89. The van der Waals surface area contributed by atoms with Crippen molar-refractivity contribution in [1.82, 2.24) is 10.2 Å². The fourth-order valence-corrected chi connectivity index (χ4v) is 3.83. The fraction of sp³-hybridized carbons (Fsp3) is 0.438. The second-order valence-corrected chi connectivity index (χ2v) is 7.51. The van der Waals surface area contributed by atoms with E-state index < -0.39 is 0 Å². The SMILES string of the molecule is CCCCC(=O)Nc1nnc(SCc2cc(C)cc(C)c2)s1. The van der Waals surface area contributed by atoms with Gasteiger partial charge < -0.3 is 5.32 Å². The van der Waals surface area contributed by atoms with Crippen LogP contribution in [0.4, 0.5) is 5.13 Å². The van der Waals surface area contributed by atoms with Gasteiger partial charge in [0.05, 0.1) is 0 Å². The van der Waals surface area contributed by atoms with Gasteiger partial charge in [0.15, 0.2) is 4.34 Å². The van der Waals surface area contributed by atoms with Gasteiger partial charge in [-0.05, 0) is 25.8 Å². The predicted octanol–water partition coefficient (Wildman–Crippen LogP) is 4.58. The standard InChI is InChI=1S/C16H21N3OS2/c1-4-5-6-14(20)17-15-18-19-16(22-15)21-10-13-8-11(2)7-12(3)9-13/h7-9H,4-6,10H2,1-3H3,(H,17,18,20). The van der Waals surface area contributed by atoms with Crippen molar-refractivity contribution in [2.75, 3.05) is 5.32 Å². The van der Waals surface area contributed by atoms with Gasteiger partial charge in [-0.2, -0.15) is 0 Å². The summed E-state index contributed by atoms with van der Waals surface area (Å²) in [7, 11) is 0. The third kappa shape index (κ3) is 5.42. The van der Waals surface area contributed by atoms with Crippen LogP contribution in [0.5, 0.6) is 0 Å². The number of hydrogen-bond acceptors (Lipinski definition) is 5. The van der Waals surface area contributed by atoms with Gasteiger partial charge in [0.2, 0.25) is 11.0 Å². The summed E-state index contributed by atoms with van der Waals surface area (Å²) in [4.78, 5) is 11.7. The van der Waals surface area contributed by atoms with Gasteiger partial charge in [0, 0.05) is 12.2 Å².